The van der Waals surface area contributed by atoms with E-state index in [2.05, 4.69) is 15.5 Å². The molecule has 0 atom stereocenters. The number of aromatic nitrogens is 2. The van der Waals surface area contributed by atoms with E-state index in [-0.39, 0.29) is 5.56 Å². The van der Waals surface area contributed by atoms with Gasteiger partial charge in [0, 0.05) is 16.9 Å². The minimum Gasteiger partial charge on any atom is -0.399 e. The van der Waals surface area contributed by atoms with Gasteiger partial charge in [-0.1, -0.05) is 0 Å². The molecule has 1 heterocycles. The molecule has 4 N–H and O–H groups in total. The van der Waals surface area contributed by atoms with Gasteiger partial charge in [-0.15, -0.1) is 0 Å². The van der Waals surface area contributed by atoms with Crippen LogP contribution in [0.2, 0.25) is 0 Å². The van der Waals surface area contributed by atoms with Gasteiger partial charge in [0.1, 0.15) is 5.82 Å². The van der Waals surface area contributed by atoms with Gasteiger partial charge >= 0.3 is 0 Å². The number of carbonyl (C=O) groups excluding carboxylic acids is 1. The minimum absolute atomic E-state index is 0.102. The zero-order valence-electron chi connectivity index (χ0n) is 10.0. The maximum Gasteiger partial charge on any atom is 0.259 e. The molecule has 5 nitrogen and oxygen atoms in total. The third-order valence-electron chi connectivity index (χ3n) is 2.72. The van der Waals surface area contributed by atoms with Crippen LogP contribution in [-0.2, 0) is 0 Å². The zero-order valence-corrected chi connectivity index (χ0v) is 10.0. The van der Waals surface area contributed by atoms with E-state index in [1.807, 2.05) is 13.8 Å². The Hall–Kier alpha value is -2.37. The van der Waals surface area contributed by atoms with Crippen molar-refractivity contribution in [2.45, 2.75) is 13.8 Å². The zero-order chi connectivity index (χ0) is 13.3. The van der Waals surface area contributed by atoms with Gasteiger partial charge in [-0.05, 0) is 32.0 Å². The number of rotatable bonds is 2. The summed E-state index contributed by atoms with van der Waals surface area (Å²) in [6, 6.07) is 3.85. The molecule has 0 aliphatic heterocycles. The number of nitrogens with one attached hydrogen (secondary N) is 2. The Labute approximate surface area is 103 Å². The van der Waals surface area contributed by atoms with Crippen LogP contribution in [0.5, 0.6) is 0 Å². The Bertz CT molecular complexity index is 606. The molecule has 0 saturated heterocycles. The Morgan fingerprint density at radius 2 is 2.17 bits per heavy atom. The molecule has 0 bridgehead atoms. The summed E-state index contributed by atoms with van der Waals surface area (Å²) >= 11 is 0. The highest BCUT2D eigenvalue weighted by Crippen LogP contribution is 2.17. The van der Waals surface area contributed by atoms with E-state index in [1.54, 1.807) is 0 Å². The van der Waals surface area contributed by atoms with Crippen LogP contribution in [0.15, 0.2) is 18.2 Å². The van der Waals surface area contributed by atoms with Gasteiger partial charge in [-0.3, -0.25) is 9.89 Å². The summed E-state index contributed by atoms with van der Waals surface area (Å²) in [4.78, 5) is 11.9. The van der Waals surface area contributed by atoms with Crippen molar-refractivity contribution >= 4 is 17.4 Å². The van der Waals surface area contributed by atoms with E-state index in [0.29, 0.717) is 11.5 Å². The summed E-state index contributed by atoms with van der Waals surface area (Å²) in [5.74, 6) is -0.805. The summed E-state index contributed by atoms with van der Waals surface area (Å²) in [6.45, 7) is 3.64. The molecule has 0 aliphatic carbocycles. The van der Waals surface area contributed by atoms with Crippen LogP contribution < -0.4 is 11.1 Å². The first-order valence-corrected chi connectivity index (χ1v) is 5.37. The standard InChI is InChI=1S/C12H13FN4O/c1-6-7(2)16-17-11(6)15-12(18)9-5-8(14)3-4-10(9)13/h3-5H,14H2,1-2H3,(H2,15,16,17,18). The van der Waals surface area contributed by atoms with E-state index in [1.165, 1.54) is 12.1 Å². The summed E-state index contributed by atoms with van der Waals surface area (Å²) in [6.07, 6.45) is 0. The Balaban J connectivity index is 2.27. The summed E-state index contributed by atoms with van der Waals surface area (Å²) in [5, 5.41) is 9.20. The largest absolute Gasteiger partial charge is 0.399 e. The predicted molar refractivity (Wildman–Crippen MR) is 66.8 cm³/mol. The lowest BCUT2D eigenvalue weighted by atomic mass is 10.1. The van der Waals surface area contributed by atoms with Crippen molar-refractivity contribution in [1.29, 1.82) is 0 Å². The summed E-state index contributed by atoms with van der Waals surface area (Å²) in [5.41, 5.74) is 7.41. The van der Waals surface area contributed by atoms with E-state index < -0.39 is 11.7 Å². The van der Waals surface area contributed by atoms with Gasteiger partial charge in [-0.25, -0.2) is 4.39 Å². The summed E-state index contributed by atoms with van der Waals surface area (Å²) < 4.78 is 13.5. The van der Waals surface area contributed by atoms with Gasteiger partial charge in [0.15, 0.2) is 5.82 Å². The van der Waals surface area contributed by atoms with Crippen molar-refractivity contribution in [2.24, 2.45) is 0 Å². The first kappa shape index (κ1) is 12.1. The number of hydrogen-bond donors (Lipinski definition) is 3. The molecular weight excluding hydrogens is 235 g/mol. The van der Waals surface area contributed by atoms with Crippen molar-refractivity contribution in [3.05, 3.63) is 40.8 Å². The van der Waals surface area contributed by atoms with Crippen LogP contribution in [0.4, 0.5) is 15.9 Å². The lowest BCUT2D eigenvalue weighted by Crippen LogP contribution is -2.15. The number of anilines is 2. The fraction of sp³-hybridized carbons (Fsp3) is 0.167. The highest BCUT2D eigenvalue weighted by atomic mass is 19.1. The molecular formula is C12H13FN4O. The minimum atomic E-state index is -0.619. The number of hydrogen-bond acceptors (Lipinski definition) is 3. The van der Waals surface area contributed by atoms with Crippen LogP contribution >= 0.6 is 0 Å². The Morgan fingerprint density at radius 3 is 2.78 bits per heavy atom. The number of carbonyl (C=O) groups is 1. The van der Waals surface area contributed by atoms with Crippen molar-refractivity contribution in [1.82, 2.24) is 10.2 Å². The quantitative estimate of drug-likeness (QED) is 0.711. The van der Waals surface area contributed by atoms with E-state index in [4.69, 9.17) is 5.73 Å². The van der Waals surface area contributed by atoms with Gasteiger partial charge in [0.2, 0.25) is 0 Å². The molecule has 1 amide bonds. The molecule has 18 heavy (non-hydrogen) atoms. The fourth-order valence-corrected chi connectivity index (χ4v) is 1.50. The number of H-pyrrole nitrogens is 1. The lowest BCUT2D eigenvalue weighted by molar-refractivity contribution is 0.102. The lowest BCUT2D eigenvalue weighted by Gasteiger charge is -2.05. The highest BCUT2D eigenvalue weighted by Gasteiger charge is 2.15. The monoisotopic (exact) mass is 248 g/mol. The second kappa shape index (κ2) is 4.48. The number of nitrogen functional groups attached to an aromatic ring is 1. The number of aromatic amines is 1. The van der Waals surface area contributed by atoms with E-state index in [0.717, 1.165) is 17.3 Å². The first-order valence-electron chi connectivity index (χ1n) is 5.37. The topological polar surface area (TPSA) is 83.8 Å². The normalized spacial score (nSPS) is 10.4. The van der Waals surface area contributed by atoms with Crippen molar-refractivity contribution < 1.29 is 9.18 Å². The van der Waals surface area contributed by atoms with Crippen LogP contribution in [0.1, 0.15) is 21.6 Å². The smallest absolute Gasteiger partial charge is 0.259 e. The second-order valence-electron chi connectivity index (χ2n) is 4.02. The molecule has 0 saturated carbocycles. The third-order valence-corrected chi connectivity index (χ3v) is 2.72. The maximum atomic E-state index is 13.5. The van der Waals surface area contributed by atoms with Crippen LogP contribution in [-0.4, -0.2) is 16.1 Å². The van der Waals surface area contributed by atoms with Crippen molar-refractivity contribution in [3.8, 4) is 0 Å². The SMILES string of the molecule is Cc1[nH]nc(NC(=O)c2cc(N)ccc2F)c1C. The Kier molecular flexibility index (Phi) is 3.01. The van der Waals surface area contributed by atoms with Gasteiger partial charge in [0.25, 0.3) is 5.91 Å². The Morgan fingerprint density at radius 1 is 1.44 bits per heavy atom. The molecule has 0 unspecified atom stereocenters. The van der Waals surface area contributed by atoms with Crippen molar-refractivity contribution in [3.63, 3.8) is 0 Å². The average molecular weight is 248 g/mol. The molecule has 1 aromatic heterocycles. The number of amides is 1. The van der Waals surface area contributed by atoms with E-state index in [9.17, 15) is 9.18 Å². The first-order chi connectivity index (χ1) is 8.49. The number of aryl methyl sites for hydroxylation is 1. The van der Waals surface area contributed by atoms with E-state index >= 15 is 0 Å². The molecule has 0 radical (unpaired) electrons. The molecule has 2 aromatic rings. The second-order valence-corrected chi connectivity index (χ2v) is 4.02. The van der Waals surface area contributed by atoms with Gasteiger partial charge < -0.3 is 11.1 Å². The maximum absolute atomic E-state index is 13.5. The molecule has 1 aromatic carbocycles. The van der Waals surface area contributed by atoms with Crippen LogP contribution in [0.25, 0.3) is 0 Å². The number of nitrogens with zero attached hydrogens (tertiary/aromatic N) is 1. The number of nitrogens with two attached hydrogens (primary N) is 1. The predicted octanol–water partition coefficient (Wildman–Crippen LogP) is 2.00. The molecule has 2 rings (SSSR count). The van der Waals surface area contributed by atoms with Crippen LogP contribution in [0, 0.1) is 19.7 Å². The number of benzene rings is 1. The number of halogens is 1. The molecule has 94 valence electrons. The third kappa shape index (κ3) is 2.17. The molecule has 6 heteroatoms. The van der Waals surface area contributed by atoms with Gasteiger partial charge in [0.05, 0.1) is 5.56 Å². The average Bonchev–Trinajstić information content (AvgIpc) is 2.64. The summed E-state index contributed by atoms with van der Waals surface area (Å²) in [7, 11) is 0. The van der Waals surface area contributed by atoms with Gasteiger partial charge in [-0.2, -0.15) is 5.10 Å². The van der Waals surface area contributed by atoms with Crippen molar-refractivity contribution in [2.75, 3.05) is 11.1 Å². The molecule has 0 spiro atoms. The molecule has 0 fully saturated rings. The molecule has 0 aliphatic rings. The van der Waals surface area contributed by atoms with Crippen LogP contribution in [0.3, 0.4) is 0 Å². The fourth-order valence-electron chi connectivity index (χ4n) is 1.50. The highest BCUT2D eigenvalue weighted by molar-refractivity contribution is 6.04.